The Morgan fingerprint density at radius 3 is 2.60 bits per heavy atom. The zero-order valence-corrected chi connectivity index (χ0v) is 12.5. The molecule has 20 heavy (non-hydrogen) atoms. The molecule has 0 atom stereocenters. The Labute approximate surface area is 122 Å². The van der Waals surface area contributed by atoms with Crippen LogP contribution in [0.2, 0.25) is 0 Å². The third-order valence-corrected chi connectivity index (χ3v) is 4.68. The van der Waals surface area contributed by atoms with Crippen molar-refractivity contribution in [3.63, 3.8) is 0 Å². The van der Waals surface area contributed by atoms with Crippen LogP contribution in [0, 0.1) is 0 Å². The van der Waals surface area contributed by atoms with Gasteiger partial charge in [-0.2, -0.15) is 0 Å². The molecular weight excluding hydrogens is 248 g/mol. The molecule has 0 amide bonds. The van der Waals surface area contributed by atoms with Crippen molar-refractivity contribution in [1.82, 2.24) is 0 Å². The van der Waals surface area contributed by atoms with E-state index in [1.54, 1.807) is 6.47 Å². The first-order valence-corrected chi connectivity index (χ1v) is 7.96. The molecular formula is C18H25O2. The Morgan fingerprint density at radius 2 is 1.90 bits per heavy atom. The normalized spacial score (nSPS) is 17.6. The Bertz CT molecular complexity index is 419. The third kappa shape index (κ3) is 3.41. The minimum Gasteiger partial charge on any atom is -0.418 e. The molecule has 2 nitrogen and oxygen atoms in total. The highest BCUT2D eigenvalue weighted by atomic mass is 16.5. The molecule has 0 unspecified atom stereocenters. The van der Waals surface area contributed by atoms with Gasteiger partial charge in [-0.05, 0) is 30.7 Å². The van der Waals surface area contributed by atoms with Gasteiger partial charge >= 0.3 is 6.47 Å². The monoisotopic (exact) mass is 273 g/mol. The second kappa shape index (κ2) is 7.47. The molecule has 109 valence electrons. The summed E-state index contributed by atoms with van der Waals surface area (Å²) in [7, 11) is 0. The molecule has 2 rings (SSSR count). The molecule has 2 heteroatoms. The van der Waals surface area contributed by atoms with Crippen LogP contribution in [0.3, 0.4) is 0 Å². The second-order valence-electron chi connectivity index (χ2n) is 5.98. The van der Waals surface area contributed by atoms with Crippen LogP contribution in [0.1, 0.15) is 70.3 Å². The largest absolute Gasteiger partial charge is 0.423 e. The maximum Gasteiger partial charge on any atom is 0.423 e. The third-order valence-electron chi connectivity index (χ3n) is 4.68. The van der Waals surface area contributed by atoms with E-state index in [0.29, 0.717) is 5.75 Å². The highest BCUT2D eigenvalue weighted by Crippen LogP contribution is 2.46. The van der Waals surface area contributed by atoms with Gasteiger partial charge < -0.3 is 4.74 Å². The van der Waals surface area contributed by atoms with Crippen molar-refractivity contribution in [2.75, 3.05) is 0 Å². The van der Waals surface area contributed by atoms with Crippen molar-refractivity contribution in [2.24, 2.45) is 0 Å². The number of ether oxygens (including phenoxy) is 1. The molecule has 1 aromatic carbocycles. The van der Waals surface area contributed by atoms with E-state index in [1.807, 2.05) is 12.1 Å². The Kier molecular flexibility index (Phi) is 5.63. The van der Waals surface area contributed by atoms with Gasteiger partial charge in [0.2, 0.25) is 0 Å². The maximum atomic E-state index is 10.6. The van der Waals surface area contributed by atoms with Crippen LogP contribution >= 0.6 is 0 Å². The predicted molar refractivity (Wildman–Crippen MR) is 81.7 cm³/mol. The highest BCUT2D eigenvalue weighted by Gasteiger charge is 2.35. The molecule has 0 bridgehead atoms. The van der Waals surface area contributed by atoms with Gasteiger partial charge in [0.05, 0.1) is 0 Å². The minimum absolute atomic E-state index is 0.209. The summed E-state index contributed by atoms with van der Waals surface area (Å²) in [5, 5.41) is 0. The highest BCUT2D eigenvalue weighted by molar-refractivity contribution is 5.50. The average molecular weight is 273 g/mol. The quantitative estimate of drug-likeness (QED) is 0.659. The van der Waals surface area contributed by atoms with Crippen LogP contribution in [0.15, 0.2) is 24.3 Å². The van der Waals surface area contributed by atoms with E-state index in [-0.39, 0.29) is 5.41 Å². The number of benzene rings is 1. The summed E-state index contributed by atoms with van der Waals surface area (Å²) in [6.07, 6.45) is 11.3. The Balaban J connectivity index is 2.27. The molecule has 0 aliphatic heterocycles. The fourth-order valence-corrected chi connectivity index (χ4v) is 3.63. The summed E-state index contributed by atoms with van der Waals surface area (Å²) < 4.78 is 5.12. The first-order chi connectivity index (χ1) is 9.82. The van der Waals surface area contributed by atoms with Crippen LogP contribution < -0.4 is 4.74 Å². The van der Waals surface area contributed by atoms with Crippen molar-refractivity contribution in [2.45, 2.75) is 70.1 Å². The lowest BCUT2D eigenvalue weighted by Gasteiger charge is -2.38. The molecule has 0 N–H and O–H groups in total. The van der Waals surface area contributed by atoms with Crippen molar-refractivity contribution in [1.29, 1.82) is 0 Å². The topological polar surface area (TPSA) is 26.3 Å². The van der Waals surface area contributed by atoms with E-state index in [2.05, 4.69) is 19.1 Å². The van der Waals surface area contributed by atoms with Gasteiger partial charge in [0.1, 0.15) is 5.75 Å². The van der Waals surface area contributed by atoms with Crippen molar-refractivity contribution in [3.8, 4) is 5.75 Å². The standard InChI is InChI=1S/C18H25O2/c1-2-3-7-12-18(13-8-4-9-14-18)16-10-5-6-11-17(16)20-15-19/h5-6,10-11H,2-4,7-9,12-14H2,1H3. The van der Waals surface area contributed by atoms with Crippen molar-refractivity contribution in [3.05, 3.63) is 29.8 Å². The van der Waals surface area contributed by atoms with E-state index >= 15 is 0 Å². The van der Waals surface area contributed by atoms with E-state index < -0.39 is 0 Å². The number of rotatable bonds is 7. The SMILES string of the molecule is CCCCCC1(c2ccccc2O[C]=O)CCCCC1. The lowest BCUT2D eigenvalue weighted by Crippen LogP contribution is -2.29. The van der Waals surface area contributed by atoms with E-state index in [0.717, 1.165) is 0 Å². The van der Waals surface area contributed by atoms with Crippen LogP contribution in [-0.4, -0.2) is 6.47 Å². The van der Waals surface area contributed by atoms with Crippen LogP contribution in [0.4, 0.5) is 0 Å². The predicted octanol–water partition coefficient (Wildman–Crippen LogP) is 4.91. The van der Waals surface area contributed by atoms with Gasteiger partial charge in [-0.25, -0.2) is 4.79 Å². The number of para-hydroxylation sites is 1. The zero-order valence-electron chi connectivity index (χ0n) is 12.5. The molecule has 1 aliphatic rings. The maximum absolute atomic E-state index is 10.6. The number of hydrogen-bond donors (Lipinski definition) is 0. The first kappa shape index (κ1) is 15.1. The second-order valence-corrected chi connectivity index (χ2v) is 5.98. The molecule has 1 saturated carbocycles. The van der Waals surface area contributed by atoms with Gasteiger partial charge in [0.15, 0.2) is 0 Å². The fourth-order valence-electron chi connectivity index (χ4n) is 3.63. The van der Waals surface area contributed by atoms with Crippen LogP contribution in [-0.2, 0) is 10.2 Å². The van der Waals surface area contributed by atoms with Gasteiger partial charge in [-0.15, -0.1) is 0 Å². The fraction of sp³-hybridized carbons (Fsp3) is 0.611. The summed E-state index contributed by atoms with van der Waals surface area (Å²) >= 11 is 0. The summed E-state index contributed by atoms with van der Waals surface area (Å²) in [6.45, 7) is 3.84. The molecule has 1 radical (unpaired) electrons. The van der Waals surface area contributed by atoms with Crippen LogP contribution in [0.25, 0.3) is 0 Å². The van der Waals surface area contributed by atoms with Crippen molar-refractivity contribution >= 4 is 6.47 Å². The number of unbranched alkanes of at least 4 members (excludes halogenated alkanes) is 2. The first-order valence-electron chi connectivity index (χ1n) is 7.96. The summed E-state index contributed by atoms with van der Waals surface area (Å²) in [5.41, 5.74) is 1.43. The average Bonchev–Trinajstić information content (AvgIpc) is 2.49. The van der Waals surface area contributed by atoms with E-state index in [1.165, 1.54) is 63.4 Å². The zero-order chi connectivity index (χ0) is 14.3. The smallest absolute Gasteiger partial charge is 0.418 e. The lowest BCUT2D eigenvalue weighted by molar-refractivity contribution is 0.260. The molecule has 1 aromatic rings. The number of hydrogen-bond acceptors (Lipinski definition) is 2. The molecule has 0 heterocycles. The Morgan fingerprint density at radius 1 is 1.15 bits per heavy atom. The van der Waals surface area contributed by atoms with Gasteiger partial charge in [-0.3, -0.25) is 0 Å². The summed E-state index contributed by atoms with van der Waals surface area (Å²) in [4.78, 5) is 10.6. The van der Waals surface area contributed by atoms with E-state index in [4.69, 9.17) is 4.74 Å². The van der Waals surface area contributed by atoms with Gasteiger partial charge in [0, 0.05) is 5.56 Å². The molecule has 1 aliphatic carbocycles. The van der Waals surface area contributed by atoms with Gasteiger partial charge in [-0.1, -0.05) is 63.6 Å². The van der Waals surface area contributed by atoms with Crippen molar-refractivity contribution < 1.29 is 9.53 Å². The Hall–Kier alpha value is -1.31. The van der Waals surface area contributed by atoms with Gasteiger partial charge in [0.25, 0.3) is 0 Å². The molecule has 0 aromatic heterocycles. The number of carbonyl (C=O) groups excluding carboxylic acids is 1. The molecule has 0 saturated heterocycles. The minimum atomic E-state index is 0.209. The summed E-state index contributed by atoms with van der Waals surface area (Å²) in [6, 6.07) is 8.03. The molecule has 0 spiro atoms. The molecule has 1 fully saturated rings. The van der Waals surface area contributed by atoms with Crippen LogP contribution in [0.5, 0.6) is 5.75 Å². The summed E-state index contributed by atoms with van der Waals surface area (Å²) in [5.74, 6) is 0.709. The van der Waals surface area contributed by atoms with E-state index in [9.17, 15) is 4.79 Å². The lowest BCUT2D eigenvalue weighted by atomic mass is 9.66.